The Balaban J connectivity index is 0.00000363. The smallest absolute Gasteiger partial charge is 0.259 e. The van der Waals surface area contributed by atoms with E-state index in [4.69, 9.17) is 9.73 Å². The number of piperazine rings is 1. The Hall–Kier alpha value is -2.49. The summed E-state index contributed by atoms with van der Waals surface area (Å²) >= 11 is 0. The summed E-state index contributed by atoms with van der Waals surface area (Å²) < 4.78 is 5.62. The summed E-state index contributed by atoms with van der Waals surface area (Å²) in [5, 5.41) is 3.42. The highest BCUT2D eigenvalue weighted by Crippen LogP contribution is 2.17. The Labute approximate surface area is 208 Å². The van der Waals surface area contributed by atoms with Crippen molar-refractivity contribution in [1.82, 2.24) is 15.1 Å². The summed E-state index contributed by atoms with van der Waals surface area (Å²) in [4.78, 5) is 22.8. The van der Waals surface area contributed by atoms with Gasteiger partial charge in [-0.1, -0.05) is 30.3 Å². The average molecular weight is 551 g/mol. The van der Waals surface area contributed by atoms with E-state index in [9.17, 15) is 4.79 Å². The molecule has 2 aromatic rings. The van der Waals surface area contributed by atoms with Crippen molar-refractivity contribution >= 4 is 41.5 Å². The quantitative estimate of drug-likeness (QED) is 0.326. The minimum absolute atomic E-state index is 0. The molecule has 174 valence electrons. The molecule has 1 N–H and O–H groups in total. The molecule has 7 nitrogen and oxygen atoms in total. The summed E-state index contributed by atoms with van der Waals surface area (Å²) in [5.74, 6) is 1.56. The van der Waals surface area contributed by atoms with Crippen LogP contribution in [0.25, 0.3) is 0 Å². The van der Waals surface area contributed by atoms with Gasteiger partial charge in [0, 0.05) is 52.5 Å². The topological polar surface area (TPSA) is 60.4 Å². The number of ether oxygens (including phenoxy) is 1. The number of anilines is 1. The first-order valence-corrected chi connectivity index (χ1v) is 10.8. The molecule has 2 aromatic carbocycles. The molecule has 1 heterocycles. The molecule has 0 aromatic heterocycles. The van der Waals surface area contributed by atoms with E-state index in [2.05, 4.69) is 52.4 Å². The van der Waals surface area contributed by atoms with Gasteiger partial charge in [-0.15, -0.1) is 24.0 Å². The number of nitrogens with zero attached hydrogens (tertiary/aromatic N) is 4. The van der Waals surface area contributed by atoms with Crippen LogP contribution in [0.4, 0.5) is 5.69 Å². The van der Waals surface area contributed by atoms with E-state index in [0.717, 1.165) is 44.2 Å². The number of benzene rings is 2. The molecular formula is C24H34IN5O2. The van der Waals surface area contributed by atoms with Crippen LogP contribution in [0.2, 0.25) is 0 Å². The lowest BCUT2D eigenvalue weighted by Gasteiger charge is -2.37. The molecular weight excluding hydrogens is 517 g/mol. The van der Waals surface area contributed by atoms with Gasteiger partial charge < -0.3 is 24.8 Å². The Kier molecular flexibility index (Phi) is 10.6. The van der Waals surface area contributed by atoms with Crippen LogP contribution >= 0.6 is 24.0 Å². The van der Waals surface area contributed by atoms with Crippen molar-refractivity contribution < 1.29 is 9.53 Å². The predicted octanol–water partition coefficient (Wildman–Crippen LogP) is 3.06. The monoisotopic (exact) mass is 551 g/mol. The van der Waals surface area contributed by atoms with Gasteiger partial charge in [-0.05, 0) is 36.8 Å². The Morgan fingerprint density at radius 2 is 1.78 bits per heavy atom. The number of guanidine groups is 1. The molecule has 1 aliphatic rings. The molecule has 8 heteroatoms. The van der Waals surface area contributed by atoms with Gasteiger partial charge >= 0.3 is 0 Å². The second-order valence-electron chi connectivity index (χ2n) is 7.70. The van der Waals surface area contributed by atoms with Crippen LogP contribution in [0.15, 0.2) is 59.6 Å². The van der Waals surface area contributed by atoms with Crippen LogP contribution in [0.3, 0.4) is 0 Å². The Morgan fingerprint density at radius 1 is 1.06 bits per heavy atom. The summed E-state index contributed by atoms with van der Waals surface area (Å²) in [7, 11) is 3.44. The first kappa shape index (κ1) is 25.8. The lowest BCUT2D eigenvalue weighted by Crippen LogP contribution is -2.52. The summed E-state index contributed by atoms with van der Waals surface area (Å²) in [5.41, 5.74) is 2.32. The Bertz CT molecular complexity index is 868. The number of rotatable bonds is 7. The number of nitrogens with one attached hydrogen (secondary N) is 1. The fraction of sp³-hybridized carbons (Fsp3) is 0.417. The van der Waals surface area contributed by atoms with Gasteiger partial charge in [-0.3, -0.25) is 4.79 Å². The van der Waals surface area contributed by atoms with Crippen molar-refractivity contribution in [3.05, 3.63) is 60.2 Å². The first-order valence-electron chi connectivity index (χ1n) is 10.8. The zero-order chi connectivity index (χ0) is 22.1. The molecule has 1 amide bonds. The van der Waals surface area contributed by atoms with E-state index in [1.54, 1.807) is 14.1 Å². The maximum absolute atomic E-state index is 11.7. The zero-order valence-electron chi connectivity index (χ0n) is 19.2. The lowest BCUT2D eigenvalue weighted by molar-refractivity contribution is -0.130. The molecule has 1 aliphatic heterocycles. The minimum Gasteiger partial charge on any atom is -0.484 e. The van der Waals surface area contributed by atoms with Crippen molar-refractivity contribution in [2.45, 2.75) is 13.5 Å². The van der Waals surface area contributed by atoms with E-state index >= 15 is 0 Å². The molecule has 1 fully saturated rings. The second kappa shape index (κ2) is 13.1. The van der Waals surface area contributed by atoms with Crippen LogP contribution in [-0.2, 0) is 11.3 Å². The normalized spacial score (nSPS) is 13.9. The summed E-state index contributed by atoms with van der Waals surface area (Å²) in [6, 6.07) is 18.3. The number of para-hydroxylation sites is 1. The van der Waals surface area contributed by atoms with Crippen molar-refractivity contribution in [2.75, 3.05) is 58.3 Å². The molecule has 0 unspecified atom stereocenters. The van der Waals surface area contributed by atoms with Gasteiger partial charge in [0.05, 0.1) is 6.54 Å². The molecule has 0 aliphatic carbocycles. The van der Waals surface area contributed by atoms with E-state index in [-0.39, 0.29) is 36.5 Å². The number of aliphatic imine (C=N–C) groups is 1. The number of hydrogen-bond acceptors (Lipinski definition) is 4. The van der Waals surface area contributed by atoms with E-state index in [1.165, 1.54) is 10.6 Å². The van der Waals surface area contributed by atoms with Crippen molar-refractivity contribution in [2.24, 2.45) is 4.99 Å². The molecule has 3 rings (SSSR count). The van der Waals surface area contributed by atoms with Gasteiger partial charge in [0.25, 0.3) is 5.91 Å². The molecule has 0 saturated carbocycles. The Morgan fingerprint density at radius 3 is 2.44 bits per heavy atom. The number of halogens is 1. The van der Waals surface area contributed by atoms with Crippen LogP contribution in [0, 0.1) is 0 Å². The fourth-order valence-corrected chi connectivity index (χ4v) is 3.42. The van der Waals surface area contributed by atoms with Gasteiger partial charge in [-0.2, -0.15) is 0 Å². The second-order valence-corrected chi connectivity index (χ2v) is 7.70. The molecule has 1 saturated heterocycles. The van der Waals surface area contributed by atoms with Gasteiger partial charge in [0.2, 0.25) is 0 Å². The number of carbonyl (C=O) groups excluding carboxylic acids is 1. The highest BCUT2D eigenvalue weighted by molar-refractivity contribution is 14.0. The number of hydrogen-bond donors (Lipinski definition) is 1. The van der Waals surface area contributed by atoms with Crippen LogP contribution < -0.4 is 15.0 Å². The predicted molar refractivity (Wildman–Crippen MR) is 141 cm³/mol. The van der Waals surface area contributed by atoms with Gasteiger partial charge in [-0.25, -0.2) is 4.99 Å². The number of likely N-dealkylation sites (N-methyl/N-ethyl adjacent to an activating group) is 1. The third-order valence-electron chi connectivity index (χ3n) is 5.21. The minimum atomic E-state index is -0.0625. The van der Waals surface area contributed by atoms with Crippen molar-refractivity contribution in [1.29, 1.82) is 0 Å². The fourth-order valence-electron chi connectivity index (χ4n) is 3.42. The van der Waals surface area contributed by atoms with Crippen LogP contribution in [-0.4, -0.2) is 75.1 Å². The summed E-state index contributed by atoms with van der Waals surface area (Å²) in [6.07, 6.45) is 0. The first-order chi connectivity index (χ1) is 15.1. The highest BCUT2D eigenvalue weighted by atomic mass is 127. The van der Waals surface area contributed by atoms with Crippen LogP contribution in [0.1, 0.15) is 12.5 Å². The van der Waals surface area contributed by atoms with Crippen LogP contribution in [0.5, 0.6) is 5.75 Å². The molecule has 32 heavy (non-hydrogen) atoms. The average Bonchev–Trinajstić information content (AvgIpc) is 2.81. The molecule has 0 spiro atoms. The zero-order valence-corrected chi connectivity index (χ0v) is 21.5. The van der Waals surface area contributed by atoms with Gasteiger partial charge in [0.1, 0.15) is 5.75 Å². The largest absolute Gasteiger partial charge is 0.484 e. The molecule has 0 radical (unpaired) electrons. The highest BCUT2D eigenvalue weighted by Gasteiger charge is 2.19. The standard InChI is InChI=1S/C24H33N5O2.HI/c1-4-25-24(29-15-13-28(14-16-29)21-10-6-5-7-11-21)26-18-20-9-8-12-22(17-20)31-19-23(30)27(2)3;/h5-12,17H,4,13-16,18-19H2,1-3H3,(H,25,26);1H. The maximum atomic E-state index is 11.7. The summed E-state index contributed by atoms with van der Waals surface area (Å²) in [6.45, 7) is 7.30. The number of amides is 1. The SMILES string of the molecule is CCNC(=NCc1cccc(OCC(=O)N(C)C)c1)N1CCN(c2ccccc2)CC1.I. The maximum Gasteiger partial charge on any atom is 0.259 e. The van der Waals surface area contributed by atoms with E-state index in [0.29, 0.717) is 12.3 Å². The van der Waals surface area contributed by atoms with Crippen molar-refractivity contribution in [3.8, 4) is 5.75 Å². The molecule has 0 bridgehead atoms. The number of carbonyl (C=O) groups is 1. The van der Waals surface area contributed by atoms with Crippen molar-refractivity contribution in [3.63, 3.8) is 0 Å². The lowest BCUT2D eigenvalue weighted by atomic mass is 10.2. The van der Waals surface area contributed by atoms with E-state index < -0.39 is 0 Å². The van der Waals surface area contributed by atoms with Gasteiger partial charge in [0.15, 0.2) is 12.6 Å². The molecule has 0 atom stereocenters. The third-order valence-corrected chi connectivity index (χ3v) is 5.21. The third kappa shape index (κ3) is 7.58. The van der Waals surface area contributed by atoms with E-state index in [1.807, 2.05) is 24.3 Å².